The van der Waals surface area contributed by atoms with Crippen LogP contribution in [0.3, 0.4) is 0 Å². The number of amides is 2. The fourth-order valence-corrected chi connectivity index (χ4v) is 2.32. The number of ether oxygens (including phenoxy) is 1. The van der Waals surface area contributed by atoms with Gasteiger partial charge in [0.2, 0.25) is 0 Å². The third-order valence-corrected chi connectivity index (χ3v) is 3.53. The molecule has 3 N–H and O–H groups in total. The van der Waals surface area contributed by atoms with Crippen molar-refractivity contribution in [3.8, 4) is 5.75 Å². The van der Waals surface area contributed by atoms with Crippen LogP contribution in [0.5, 0.6) is 5.75 Å². The van der Waals surface area contributed by atoms with Crippen molar-refractivity contribution in [1.29, 1.82) is 0 Å². The lowest BCUT2D eigenvalue weighted by Crippen LogP contribution is -2.49. The molecule has 1 aliphatic heterocycles. The summed E-state index contributed by atoms with van der Waals surface area (Å²) in [5, 5.41) is 14.2. The van der Waals surface area contributed by atoms with Gasteiger partial charge in [0.05, 0.1) is 6.61 Å². The normalized spacial score (nSPS) is 17.8. The molecule has 114 valence electrons. The second-order valence-electron chi connectivity index (χ2n) is 5.46. The van der Waals surface area contributed by atoms with Gasteiger partial charge in [-0.15, -0.1) is 0 Å². The van der Waals surface area contributed by atoms with Crippen molar-refractivity contribution in [2.24, 2.45) is 5.92 Å². The Hall–Kier alpha value is -2.24. The lowest BCUT2D eigenvalue weighted by Gasteiger charge is -2.19. The number of hydrogen-bond donors (Lipinski definition) is 3. The van der Waals surface area contributed by atoms with Crippen LogP contribution in [0, 0.1) is 5.92 Å². The number of urea groups is 1. The van der Waals surface area contributed by atoms with E-state index >= 15 is 0 Å². The van der Waals surface area contributed by atoms with Crippen LogP contribution in [0.25, 0.3) is 0 Å². The first-order valence-corrected chi connectivity index (χ1v) is 6.98. The van der Waals surface area contributed by atoms with Crippen molar-refractivity contribution in [3.05, 3.63) is 29.8 Å². The van der Waals surface area contributed by atoms with Gasteiger partial charge < -0.3 is 20.5 Å². The van der Waals surface area contributed by atoms with E-state index in [4.69, 9.17) is 9.84 Å². The molecule has 2 unspecified atom stereocenters. The Morgan fingerprint density at radius 2 is 2.10 bits per heavy atom. The van der Waals surface area contributed by atoms with Gasteiger partial charge in [0.1, 0.15) is 11.8 Å². The van der Waals surface area contributed by atoms with Gasteiger partial charge in [-0.1, -0.05) is 32.0 Å². The predicted molar refractivity (Wildman–Crippen MR) is 77.5 cm³/mol. The number of rotatable bonds is 5. The average molecular weight is 292 g/mol. The molecule has 2 amide bonds. The molecule has 0 fully saturated rings. The van der Waals surface area contributed by atoms with Crippen LogP contribution in [-0.4, -0.2) is 36.3 Å². The minimum Gasteiger partial charge on any atom is -0.493 e. The molecule has 1 aliphatic rings. The Morgan fingerprint density at radius 1 is 1.38 bits per heavy atom. The summed E-state index contributed by atoms with van der Waals surface area (Å²) < 4.78 is 5.54. The molecule has 0 radical (unpaired) electrons. The lowest BCUT2D eigenvalue weighted by molar-refractivity contribution is -0.140. The van der Waals surface area contributed by atoms with E-state index in [0.717, 1.165) is 11.3 Å². The molecule has 21 heavy (non-hydrogen) atoms. The van der Waals surface area contributed by atoms with Crippen molar-refractivity contribution < 1.29 is 19.4 Å². The molecule has 2 atom stereocenters. The van der Waals surface area contributed by atoms with Gasteiger partial charge in [-0.3, -0.25) is 0 Å². The van der Waals surface area contributed by atoms with Crippen LogP contribution in [0.15, 0.2) is 24.3 Å². The van der Waals surface area contributed by atoms with Gasteiger partial charge in [-0.2, -0.15) is 0 Å². The Labute approximate surface area is 123 Å². The summed E-state index contributed by atoms with van der Waals surface area (Å²) in [6.45, 7) is 4.43. The van der Waals surface area contributed by atoms with E-state index < -0.39 is 18.0 Å². The molecule has 0 aliphatic carbocycles. The molecule has 0 spiro atoms. The smallest absolute Gasteiger partial charge is 0.326 e. The fraction of sp³-hybridized carbons (Fsp3) is 0.467. The second-order valence-corrected chi connectivity index (χ2v) is 5.46. The maximum atomic E-state index is 11.8. The van der Waals surface area contributed by atoms with Gasteiger partial charge in [0.25, 0.3) is 0 Å². The molecule has 1 heterocycles. The SMILES string of the molecule is CC(C)C(NC(=O)NCC1COc2ccccc21)C(=O)O. The van der Waals surface area contributed by atoms with E-state index in [2.05, 4.69) is 10.6 Å². The van der Waals surface area contributed by atoms with E-state index in [1.54, 1.807) is 13.8 Å². The second kappa shape index (κ2) is 6.47. The van der Waals surface area contributed by atoms with Crippen LogP contribution < -0.4 is 15.4 Å². The highest BCUT2D eigenvalue weighted by Gasteiger charge is 2.26. The van der Waals surface area contributed by atoms with Gasteiger partial charge in [0, 0.05) is 18.0 Å². The van der Waals surface area contributed by atoms with Gasteiger partial charge in [-0.05, 0) is 12.0 Å². The Balaban J connectivity index is 1.86. The van der Waals surface area contributed by atoms with Crippen LogP contribution >= 0.6 is 0 Å². The third-order valence-electron chi connectivity index (χ3n) is 3.53. The summed E-state index contributed by atoms with van der Waals surface area (Å²) in [6, 6.07) is 6.34. The number of nitrogens with one attached hydrogen (secondary N) is 2. The highest BCUT2D eigenvalue weighted by atomic mass is 16.5. The summed E-state index contributed by atoms with van der Waals surface area (Å²) in [7, 11) is 0. The number of fused-ring (bicyclic) bond motifs is 1. The quantitative estimate of drug-likeness (QED) is 0.768. The van der Waals surface area contributed by atoms with E-state index in [9.17, 15) is 9.59 Å². The van der Waals surface area contributed by atoms with Crippen LogP contribution in [0.2, 0.25) is 0 Å². The van der Waals surface area contributed by atoms with Crippen LogP contribution in [0.1, 0.15) is 25.3 Å². The predicted octanol–water partition coefficient (Wildman–Crippen LogP) is 1.57. The molecule has 2 rings (SSSR count). The summed E-state index contributed by atoms with van der Waals surface area (Å²) in [5.41, 5.74) is 1.07. The third kappa shape index (κ3) is 3.65. The zero-order chi connectivity index (χ0) is 15.4. The lowest BCUT2D eigenvalue weighted by atomic mass is 10.0. The first kappa shape index (κ1) is 15.2. The number of aliphatic carboxylic acids is 1. The molecular formula is C15H20N2O4. The first-order chi connectivity index (χ1) is 9.99. The molecule has 6 heteroatoms. The Bertz CT molecular complexity index is 530. The number of para-hydroxylation sites is 1. The molecule has 0 bridgehead atoms. The number of carbonyl (C=O) groups excluding carboxylic acids is 1. The summed E-state index contributed by atoms with van der Waals surface area (Å²) in [6.07, 6.45) is 0. The number of carboxylic acid groups (broad SMARTS) is 1. The van der Waals surface area contributed by atoms with E-state index in [1.165, 1.54) is 0 Å². The van der Waals surface area contributed by atoms with Crippen LogP contribution in [0.4, 0.5) is 4.79 Å². The summed E-state index contributed by atoms with van der Waals surface area (Å²) in [4.78, 5) is 22.8. The number of carboxylic acids is 1. The van der Waals surface area contributed by atoms with Crippen molar-refractivity contribution in [3.63, 3.8) is 0 Å². The number of benzene rings is 1. The summed E-state index contributed by atoms with van der Waals surface area (Å²) in [5.74, 6) is -0.275. The molecule has 6 nitrogen and oxygen atoms in total. The van der Waals surface area contributed by atoms with E-state index in [1.807, 2.05) is 24.3 Å². The maximum absolute atomic E-state index is 11.8. The van der Waals surface area contributed by atoms with Crippen molar-refractivity contribution in [2.75, 3.05) is 13.2 Å². The summed E-state index contributed by atoms with van der Waals surface area (Å²) >= 11 is 0. The topological polar surface area (TPSA) is 87.7 Å². The molecule has 1 aromatic rings. The van der Waals surface area contributed by atoms with Crippen molar-refractivity contribution in [2.45, 2.75) is 25.8 Å². The molecule has 0 saturated heterocycles. The molecule has 0 aromatic heterocycles. The van der Waals surface area contributed by atoms with Gasteiger partial charge >= 0.3 is 12.0 Å². The van der Waals surface area contributed by atoms with Gasteiger partial charge in [0.15, 0.2) is 0 Å². The largest absolute Gasteiger partial charge is 0.493 e. The molecular weight excluding hydrogens is 272 g/mol. The van der Waals surface area contributed by atoms with E-state index in [-0.39, 0.29) is 11.8 Å². The zero-order valence-corrected chi connectivity index (χ0v) is 12.1. The Morgan fingerprint density at radius 3 is 2.76 bits per heavy atom. The highest BCUT2D eigenvalue weighted by Crippen LogP contribution is 2.32. The average Bonchev–Trinajstić information content (AvgIpc) is 2.85. The minimum absolute atomic E-state index is 0.0919. The van der Waals surface area contributed by atoms with E-state index in [0.29, 0.717) is 13.2 Å². The highest BCUT2D eigenvalue weighted by molar-refractivity contribution is 5.82. The van der Waals surface area contributed by atoms with Gasteiger partial charge in [-0.25, -0.2) is 9.59 Å². The van der Waals surface area contributed by atoms with Crippen molar-refractivity contribution in [1.82, 2.24) is 10.6 Å². The zero-order valence-electron chi connectivity index (χ0n) is 12.1. The monoisotopic (exact) mass is 292 g/mol. The fourth-order valence-electron chi connectivity index (χ4n) is 2.32. The first-order valence-electron chi connectivity index (χ1n) is 6.98. The maximum Gasteiger partial charge on any atom is 0.326 e. The Kier molecular flexibility index (Phi) is 4.67. The molecule has 1 aromatic carbocycles. The standard InChI is InChI=1S/C15H20N2O4/c1-9(2)13(14(18)19)17-15(20)16-7-10-8-21-12-6-4-3-5-11(10)12/h3-6,9-10,13H,7-8H2,1-2H3,(H,18,19)(H2,16,17,20). The number of hydrogen-bond acceptors (Lipinski definition) is 3. The molecule has 0 saturated carbocycles. The number of carbonyl (C=O) groups is 2. The van der Waals surface area contributed by atoms with Crippen LogP contribution in [-0.2, 0) is 4.79 Å². The minimum atomic E-state index is -1.03. The van der Waals surface area contributed by atoms with Crippen molar-refractivity contribution >= 4 is 12.0 Å².